The molecule has 8 heteroatoms. The molecule has 0 aliphatic carbocycles. The zero-order valence-corrected chi connectivity index (χ0v) is 15.8. The number of methoxy groups -OCH3 is 1. The minimum atomic E-state index is -0.866. The summed E-state index contributed by atoms with van der Waals surface area (Å²) in [6.07, 6.45) is 0.0260. The lowest BCUT2D eigenvalue weighted by atomic mass is 9.96. The maximum atomic E-state index is 12.5. The number of esters is 1. The van der Waals surface area contributed by atoms with E-state index < -0.39 is 18.0 Å². The van der Waals surface area contributed by atoms with Crippen molar-refractivity contribution in [3.8, 4) is 5.75 Å². The van der Waals surface area contributed by atoms with E-state index in [-0.39, 0.29) is 13.0 Å². The van der Waals surface area contributed by atoms with Crippen LogP contribution in [0.4, 0.5) is 0 Å². The second-order valence-electron chi connectivity index (χ2n) is 5.46. The lowest BCUT2D eigenvalue weighted by Gasteiger charge is -2.26. The van der Waals surface area contributed by atoms with Crippen molar-refractivity contribution in [2.75, 3.05) is 19.5 Å². The largest absolute Gasteiger partial charge is 0.496 e. The van der Waals surface area contributed by atoms with Gasteiger partial charge >= 0.3 is 11.9 Å². The first-order chi connectivity index (χ1) is 12.5. The summed E-state index contributed by atoms with van der Waals surface area (Å²) in [4.78, 5) is 27.8. The van der Waals surface area contributed by atoms with Gasteiger partial charge in [-0.25, -0.2) is 9.79 Å². The molecule has 0 radical (unpaired) electrons. The number of carboxylic acid groups (broad SMARTS) is 1. The second kappa shape index (κ2) is 9.28. The van der Waals surface area contributed by atoms with Gasteiger partial charge in [0.05, 0.1) is 25.7 Å². The van der Waals surface area contributed by atoms with Gasteiger partial charge in [0.2, 0.25) is 0 Å². The topological polar surface area (TPSA) is 97.2 Å². The maximum Gasteiger partial charge on any atom is 0.338 e. The van der Waals surface area contributed by atoms with Crippen molar-refractivity contribution in [2.45, 2.75) is 26.3 Å². The molecular weight excluding hydrogens is 356 g/mol. The van der Waals surface area contributed by atoms with Crippen LogP contribution >= 0.6 is 11.8 Å². The third-order valence-electron chi connectivity index (χ3n) is 3.70. The molecule has 1 aromatic carbocycles. The molecule has 0 spiro atoms. The number of rotatable bonds is 7. The molecule has 140 valence electrons. The highest BCUT2D eigenvalue weighted by atomic mass is 32.2. The summed E-state index contributed by atoms with van der Waals surface area (Å²) >= 11 is 1.30. The fourth-order valence-electron chi connectivity index (χ4n) is 2.55. The average Bonchev–Trinajstić information content (AvgIpc) is 2.61. The fraction of sp³-hybridized carbons (Fsp3) is 0.389. The van der Waals surface area contributed by atoms with E-state index in [2.05, 4.69) is 10.3 Å². The SMILES string of the molecule is CCOC(=O)C1=C(C)NC(SCCC(=O)O)=NC1c1ccccc1OC. The Kier molecular flexibility index (Phi) is 7.08. The molecule has 0 saturated heterocycles. The molecule has 1 aromatic rings. The van der Waals surface area contributed by atoms with Gasteiger partial charge in [0.15, 0.2) is 5.17 Å². The Morgan fingerprint density at radius 3 is 2.73 bits per heavy atom. The van der Waals surface area contributed by atoms with Gasteiger partial charge < -0.3 is 19.9 Å². The quantitative estimate of drug-likeness (QED) is 0.704. The number of allylic oxidation sites excluding steroid dienone is 1. The van der Waals surface area contributed by atoms with Crippen molar-refractivity contribution in [3.63, 3.8) is 0 Å². The van der Waals surface area contributed by atoms with Crippen LogP contribution in [-0.4, -0.2) is 41.7 Å². The van der Waals surface area contributed by atoms with Crippen molar-refractivity contribution < 1.29 is 24.2 Å². The first-order valence-electron chi connectivity index (χ1n) is 8.18. The van der Waals surface area contributed by atoms with E-state index in [9.17, 15) is 9.59 Å². The van der Waals surface area contributed by atoms with Crippen molar-refractivity contribution in [1.82, 2.24) is 5.32 Å². The van der Waals surface area contributed by atoms with Crippen LogP contribution in [0, 0.1) is 0 Å². The highest BCUT2D eigenvalue weighted by Gasteiger charge is 2.32. The number of amidine groups is 1. The number of carbonyl (C=O) groups excluding carboxylic acids is 1. The van der Waals surface area contributed by atoms with Crippen LogP contribution in [0.15, 0.2) is 40.5 Å². The third kappa shape index (κ3) is 4.78. The number of thioether (sulfide) groups is 1. The van der Waals surface area contributed by atoms with Crippen molar-refractivity contribution in [1.29, 1.82) is 0 Å². The Hall–Kier alpha value is -2.48. The predicted molar refractivity (Wildman–Crippen MR) is 100 cm³/mol. The number of carbonyl (C=O) groups is 2. The van der Waals surface area contributed by atoms with E-state index in [0.717, 1.165) is 5.56 Å². The molecule has 1 unspecified atom stereocenters. The van der Waals surface area contributed by atoms with Crippen LogP contribution < -0.4 is 10.1 Å². The number of nitrogens with one attached hydrogen (secondary N) is 1. The molecule has 0 fully saturated rings. The molecule has 0 saturated carbocycles. The Balaban J connectivity index is 2.39. The summed E-state index contributed by atoms with van der Waals surface area (Å²) in [5, 5.41) is 12.4. The number of benzene rings is 1. The van der Waals surface area contributed by atoms with Crippen LogP contribution in [-0.2, 0) is 14.3 Å². The van der Waals surface area contributed by atoms with Crippen LogP contribution in [0.3, 0.4) is 0 Å². The molecule has 1 atom stereocenters. The van der Waals surface area contributed by atoms with E-state index in [1.54, 1.807) is 21.0 Å². The average molecular weight is 378 g/mol. The van der Waals surface area contributed by atoms with Gasteiger partial charge in [0.1, 0.15) is 11.8 Å². The van der Waals surface area contributed by atoms with Gasteiger partial charge in [-0.1, -0.05) is 30.0 Å². The van der Waals surface area contributed by atoms with E-state index in [1.165, 1.54) is 11.8 Å². The minimum absolute atomic E-state index is 0.0260. The second-order valence-corrected chi connectivity index (χ2v) is 6.54. The summed E-state index contributed by atoms with van der Waals surface area (Å²) in [6.45, 7) is 3.79. The molecule has 0 bridgehead atoms. The summed E-state index contributed by atoms with van der Waals surface area (Å²) in [6, 6.07) is 6.77. The lowest BCUT2D eigenvalue weighted by Crippen LogP contribution is -2.31. The molecule has 2 N–H and O–H groups in total. The Bertz CT molecular complexity index is 745. The van der Waals surface area contributed by atoms with Gasteiger partial charge in [-0.15, -0.1) is 0 Å². The standard InChI is InChI=1S/C18H22N2O5S/c1-4-25-17(23)15-11(2)19-18(26-10-9-14(21)22)20-16(15)12-7-5-6-8-13(12)24-3/h5-8,16H,4,9-10H2,1-3H3,(H,19,20)(H,21,22). The molecular formula is C18H22N2O5S. The van der Waals surface area contributed by atoms with Crippen LogP contribution in [0.1, 0.15) is 31.9 Å². The normalized spacial score (nSPS) is 16.6. The molecule has 1 heterocycles. The number of hydrogen-bond acceptors (Lipinski definition) is 7. The number of carboxylic acids is 1. The van der Waals surface area contributed by atoms with Gasteiger partial charge in [-0.3, -0.25) is 4.79 Å². The Labute approximate surface area is 156 Å². The molecule has 0 amide bonds. The number of aliphatic imine (C=N–C) groups is 1. The number of para-hydroxylation sites is 1. The summed E-state index contributed by atoms with van der Waals surface area (Å²) < 4.78 is 10.6. The minimum Gasteiger partial charge on any atom is -0.496 e. The summed E-state index contributed by atoms with van der Waals surface area (Å²) in [5.74, 6) is -0.309. The highest BCUT2D eigenvalue weighted by molar-refractivity contribution is 8.13. The van der Waals surface area contributed by atoms with E-state index >= 15 is 0 Å². The monoisotopic (exact) mass is 378 g/mol. The molecule has 1 aliphatic heterocycles. The van der Waals surface area contributed by atoms with Crippen molar-refractivity contribution >= 4 is 28.9 Å². The van der Waals surface area contributed by atoms with E-state index in [1.807, 2.05) is 24.3 Å². The van der Waals surface area contributed by atoms with Crippen LogP contribution in [0.25, 0.3) is 0 Å². The molecule has 1 aliphatic rings. The Morgan fingerprint density at radius 2 is 2.08 bits per heavy atom. The van der Waals surface area contributed by atoms with Crippen LogP contribution in [0.2, 0.25) is 0 Å². The smallest absolute Gasteiger partial charge is 0.338 e. The lowest BCUT2D eigenvalue weighted by molar-refractivity contribution is -0.139. The van der Waals surface area contributed by atoms with Gasteiger partial charge in [0, 0.05) is 17.0 Å². The Morgan fingerprint density at radius 1 is 1.35 bits per heavy atom. The number of nitrogens with zero attached hydrogens (tertiary/aromatic N) is 1. The molecule has 0 aromatic heterocycles. The van der Waals surface area contributed by atoms with E-state index in [4.69, 9.17) is 14.6 Å². The number of ether oxygens (including phenoxy) is 2. The maximum absolute atomic E-state index is 12.5. The van der Waals surface area contributed by atoms with Crippen LogP contribution in [0.5, 0.6) is 5.75 Å². The molecule has 7 nitrogen and oxygen atoms in total. The number of aliphatic carboxylic acids is 1. The first-order valence-corrected chi connectivity index (χ1v) is 9.16. The predicted octanol–water partition coefficient (Wildman–Crippen LogP) is 2.74. The van der Waals surface area contributed by atoms with Gasteiger partial charge in [-0.2, -0.15) is 0 Å². The zero-order chi connectivity index (χ0) is 19.1. The highest BCUT2D eigenvalue weighted by Crippen LogP contribution is 2.37. The molecule has 26 heavy (non-hydrogen) atoms. The summed E-state index contributed by atoms with van der Waals surface area (Å²) in [5.41, 5.74) is 1.79. The number of hydrogen-bond donors (Lipinski definition) is 2. The zero-order valence-electron chi connectivity index (χ0n) is 14.9. The van der Waals surface area contributed by atoms with E-state index in [0.29, 0.717) is 27.9 Å². The van der Waals surface area contributed by atoms with Crippen molar-refractivity contribution in [2.24, 2.45) is 4.99 Å². The molecule has 2 rings (SSSR count). The fourth-order valence-corrected chi connectivity index (χ4v) is 3.42. The van der Waals surface area contributed by atoms with Crippen molar-refractivity contribution in [3.05, 3.63) is 41.1 Å². The third-order valence-corrected chi connectivity index (χ3v) is 4.59. The van der Waals surface area contributed by atoms with Gasteiger partial charge in [0.25, 0.3) is 0 Å². The first kappa shape index (κ1) is 19.8. The van der Waals surface area contributed by atoms with Gasteiger partial charge in [-0.05, 0) is 19.9 Å². The summed E-state index contributed by atoms with van der Waals surface area (Å²) in [7, 11) is 1.56.